The predicted molar refractivity (Wildman–Crippen MR) is 66.0 cm³/mol. The van der Waals surface area contributed by atoms with Gasteiger partial charge in [0.15, 0.2) is 11.3 Å². The summed E-state index contributed by atoms with van der Waals surface area (Å²) in [6.07, 6.45) is 1.43. The van der Waals surface area contributed by atoms with Crippen LogP contribution in [-0.4, -0.2) is 25.6 Å². The van der Waals surface area contributed by atoms with Gasteiger partial charge >= 0.3 is 11.7 Å². The van der Waals surface area contributed by atoms with Gasteiger partial charge in [-0.15, -0.1) is 0 Å². The largest absolute Gasteiger partial charge is 0.477 e. The first-order valence-corrected chi connectivity index (χ1v) is 5.44. The summed E-state index contributed by atoms with van der Waals surface area (Å²) in [6, 6.07) is 4.89. The Morgan fingerprint density at radius 3 is 3.00 bits per heavy atom. The zero-order valence-electron chi connectivity index (χ0n) is 9.88. The number of carboxylic acid groups (broad SMARTS) is 1. The number of rotatable bonds is 2. The Morgan fingerprint density at radius 1 is 1.47 bits per heavy atom. The lowest BCUT2D eigenvalue weighted by atomic mass is 10.1. The van der Waals surface area contributed by atoms with Gasteiger partial charge in [-0.2, -0.15) is 0 Å². The Morgan fingerprint density at radius 2 is 2.26 bits per heavy atom. The van der Waals surface area contributed by atoms with Gasteiger partial charge in [0, 0.05) is 12.6 Å². The van der Waals surface area contributed by atoms with Gasteiger partial charge < -0.3 is 14.1 Å². The number of hydrogen-bond donors (Lipinski definition) is 2. The topological polar surface area (TPSA) is 101 Å². The molecule has 3 aromatic rings. The van der Waals surface area contributed by atoms with Crippen LogP contribution in [0, 0.1) is 0 Å². The number of imidazole rings is 1. The molecule has 96 valence electrons. The first kappa shape index (κ1) is 11.3. The quantitative estimate of drug-likeness (QED) is 0.720. The minimum Gasteiger partial charge on any atom is -0.477 e. The number of oxazole rings is 1. The van der Waals surface area contributed by atoms with Crippen LogP contribution >= 0.6 is 0 Å². The molecule has 0 atom stereocenters. The van der Waals surface area contributed by atoms with Crippen LogP contribution in [0.1, 0.15) is 10.5 Å². The summed E-state index contributed by atoms with van der Waals surface area (Å²) in [7, 11) is 1.61. The number of benzene rings is 1. The molecule has 0 unspecified atom stereocenters. The molecule has 2 N–H and O–H groups in total. The Hall–Kier alpha value is -2.83. The number of nitrogens with zero attached hydrogens (tertiary/aromatic N) is 2. The second kappa shape index (κ2) is 3.84. The molecule has 0 saturated heterocycles. The molecule has 7 nitrogen and oxygen atoms in total. The number of carboxylic acids is 1. The van der Waals surface area contributed by atoms with E-state index < -0.39 is 11.7 Å². The second-order valence-electron chi connectivity index (χ2n) is 4.08. The number of aromatic amines is 1. The molecular weight excluding hydrogens is 250 g/mol. The van der Waals surface area contributed by atoms with Gasteiger partial charge in [0.1, 0.15) is 5.69 Å². The Balaban J connectivity index is 2.24. The van der Waals surface area contributed by atoms with E-state index >= 15 is 0 Å². The van der Waals surface area contributed by atoms with Crippen molar-refractivity contribution in [2.45, 2.75) is 0 Å². The minimum atomic E-state index is -1.06. The third kappa shape index (κ3) is 1.71. The second-order valence-corrected chi connectivity index (χ2v) is 4.08. The number of H-pyrrole nitrogens is 1. The molecule has 0 aliphatic rings. The molecule has 0 fully saturated rings. The fourth-order valence-electron chi connectivity index (χ4n) is 1.99. The standard InChI is InChI=1S/C12H9N3O4/c1-15-5-13-9(10(15)11(16)17)6-2-3-8-7(4-6)14-12(18)19-8/h2-5H,1H3,(H,14,18)(H,16,17). The summed E-state index contributed by atoms with van der Waals surface area (Å²) in [5.41, 5.74) is 1.96. The van der Waals surface area contributed by atoms with Crippen molar-refractivity contribution in [3.63, 3.8) is 0 Å². The van der Waals surface area contributed by atoms with Crippen LogP contribution in [0.4, 0.5) is 0 Å². The van der Waals surface area contributed by atoms with Crippen LogP contribution in [0.3, 0.4) is 0 Å². The van der Waals surface area contributed by atoms with Crippen LogP contribution in [-0.2, 0) is 7.05 Å². The van der Waals surface area contributed by atoms with Crippen LogP contribution in [0.15, 0.2) is 33.7 Å². The third-order valence-corrected chi connectivity index (χ3v) is 2.83. The van der Waals surface area contributed by atoms with Crippen molar-refractivity contribution in [3.8, 4) is 11.3 Å². The lowest BCUT2D eigenvalue weighted by Crippen LogP contribution is -2.05. The van der Waals surface area contributed by atoms with Crippen LogP contribution < -0.4 is 5.76 Å². The van der Waals surface area contributed by atoms with E-state index in [4.69, 9.17) is 4.42 Å². The molecule has 3 rings (SSSR count). The molecular formula is C12H9N3O4. The first-order chi connectivity index (χ1) is 9.06. The summed E-state index contributed by atoms with van der Waals surface area (Å²) in [6.45, 7) is 0. The normalized spacial score (nSPS) is 11.0. The molecule has 0 amide bonds. The number of hydrogen-bond acceptors (Lipinski definition) is 4. The van der Waals surface area contributed by atoms with E-state index in [1.165, 1.54) is 10.9 Å². The number of carbonyl (C=O) groups is 1. The predicted octanol–water partition coefficient (Wildman–Crippen LogP) is 1.22. The number of nitrogens with one attached hydrogen (secondary N) is 1. The van der Waals surface area contributed by atoms with Crippen molar-refractivity contribution in [1.82, 2.24) is 14.5 Å². The van der Waals surface area contributed by atoms with Crippen molar-refractivity contribution < 1.29 is 14.3 Å². The van der Waals surface area contributed by atoms with Gasteiger partial charge in [0.25, 0.3) is 0 Å². The highest BCUT2D eigenvalue weighted by molar-refractivity contribution is 5.94. The van der Waals surface area contributed by atoms with Crippen LogP contribution in [0.5, 0.6) is 0 Å². The number of aromatic carboxylic acids is 1. The lowest BCUT2D eigenvalue weighted by Gasteiger charge is -2.01. The summed E-state index contributed by atoms with van der Waals surface area (Å²) >= 11 is 0. The Labute approximate surface area is 106 Å². The molecule has 0 aliphatic heterocycles. The van der Waals surface area contributed by atoms with Crippen molar-refractivity contribution in [3.05, 3.63) is 40.8 Å². The SMILES string of the molecule is Cn1cnc(-c2ccc3oc(=O)[nH]c3c2)c1C(=O)O. The molecule has 0 bridgehead atoms. The zero-order valence-corrected chi connectivity index (χ0v) is 9.88. The van der Waals surface area contributed by atoms with Crippen LogP contribution in [0.2, 0.25) is 0 Å². The number of aryl methyl sites for hydroxylation is 1. The molecule has 0 saturated carbocycles. The molecule has 0 spiro atoms. The van der Waals surface area contributed by atoms with Crippen LogP contribution in [0.25, 0.3) is 22.4 Å². The monoisotopic (exact) mass is 259 g/mol. The minimum absolute atomic E-state index is 0.0881. The Kier molecular flexibility index (Phi) is 2.28. The maximum absolute atomic E-state index is 11.2. The van der Waals surface area contributed by atoms with Crippen molar-refractivity contribution in [1.29, 1.82) is 0 Å². The fraction of sp³-hybridized carbons (Fsp3) is 0.0833. The molecule has 2 heterocycles. The highest BCUT2D eigenvalue weighted by Crippen LogP contribution is 2.24. The molecule has 7 heteroatoms. The van der Waals surface area contributed by atoms with E-state index in [1.54, 1.807) is 25.2 Å². The summed E-state index contributed by atoms with van der Waals surface area (Å²) in [4.78, 5) is 28.9. The average molecular weight is 259 g/mol. The highest BCUT2D eigenvalue weighted by atomic mass is 16.4. The van der Waals surface area contributed by atoms with Crippen molar-refractivity contribution >= 4 is 17.1 Å². The summed E-state index contributed by atoms with van der Waals surface area (Å²) < 4.78 is 6.32. The summed E-state index contributed by atoms with van der Waals surface area (Å²) in [5.74, 6) is -1.61. The van der Waals surface area contributed by atoms with Gasteiger partial charge in [-0.05, 0) is 18.2 Å². The smallest absolute Gasteiger partial charge is 0.417 e. The Bertz CT molecular complexity index is 840. The van der Waals surface area contributed by atoms with Crippen molar-refractivity contribution in [2.75, 3.05) is 0 Å². The van der Waals surface area contributed by atoms with Gasteiger partial charge in [-0.3, -0.25) is 4.98 Å². The molecule has 19 heavy (non-hydrogen) atoms. The van der Waals surface area contributed by atoms with E-state index in [1.807, 2.05) is 0 Å². The highest BCUT2D eigenvalue weighted by Gasteiger charge is 2.18. The molecule has 2 aromatic heterocycles. The fourth-order valence-corrected chi connectivity index (χ4v) is 1.99. The van der Waals surface area contributed by atoms with Gasteiger partial charge in [-0.1, -0.05) is 0 Å². The maximum atomic E-state index is 11.2. The molecule has 1 aromatic carbocycles. The summed E-state index contributed by atoms with van der Waals surface area (Å²) in [5, 5.41) is 9.18. The van der Waals surface area contributed by atoms with E-state index in [9.17, 15) is 14.7 Å². The zero-order chi connectivity index (χ0) is 13.6. The number of aromatic nitrogens is 3. The number of fused-ring (bicyclic) bond motifs is 1. The molecule has 0 radical (unpaired) electrons. The van der Waals surface area contributed by atoms with E-state index in [0.29, 0.717) is 22.4 Å². The van der Waals surface area contributed by atoms with Gasteiger partial charge in [0.2, 0.25) is 0 Å². The molecule has 0 aliphatic carbocycles. The first-order valence-electron chi connectivity index (χ1n) is 5.44. The van der Waals surface area contributed by atoms with Crippen molar-refractivity contribution in [2.24, 2.45) is 7.05 Å². The lowest BCUT2D eigenvalue weighted by molar-refractivity contribution is 0.0687. The maximum Gasteiger partial charge on any atom is 0.417 e. The van der Waals surface area contributed by atoms with E-state index in [2.05, 4.69) is 9.97 Å². The van der Waals surface area contributed by atoms with E-state index in [0.717, 1.165) is 0 Å². The van der Waals surface area contributed by atoms with Gasteiger partial charge in [0.05, 0.1) is 11.8 Å². The van der Waals surface area contributed by atoms with Gasteiger partial charge in [-0.25, -0.2) is 14.6 Å². The van der Waals surface area contributed by atoms with E-state index in [-0.39, 0.29) is 5.69 Å². The average Bonchev–Trinajstić information content (AvgIpc) is 2.89. The third-order valence-electron chi connectivity index (χ3n) is 2.83.